The van der Waals surface area contributed by atoms with Crippen molar-refractivity contribution in [1.29, 1.82) is 0 Å². The molecule has 0 heterocycles. The number of benzene rings is 2. The van der Waals surface area contributed by atoms with Crippen molar-refractivity contribution in [3.63, 3.8) is 0 Å². The molecule has 1 unspecified atom stereocenters. The molecule has 0 radical (unpaired) electrons. The van der Waals surface area contributed by atoms with Crippen LogP contribution in [0.25, 0.3) is 0 Å². The average molecular weight is 425 g/mol. The van der Waals surface area contributed by atoms with E-state index in [1.807, 2.05) is 63.2 Å². The lowest BCUT2D eigenvalue weighted by Crippen LogP contribution is -2.40. The molecule has 0 saturated heterocycles. The molecule has 0 spiro atoms. The van der Waals surface area contributed by atoms with E-state index in [0.29, 0.717) is 31.2 Å². The van der Waals surface area contributed by atoms with Crippen molar-refractivity contribution in [3.8, 4) is 0 Å². The van der Waals surface area contributed by atoms with Crippen molar-refractivity contribution >= 4 is 11.9 Å². The maximum atomic E-state index is 12.4. The van der Waals surface area contributed by atoms with Crippen LogP contribution < -0.4 is 16.0 Å². The van der Waals surface area contributed by atoms with Gasteiger partial charge in [-0.1, -0.05) is 49.4 Å². The second-order valence-electron chi connectivity index (χ2n) is 8.82. The van der Waals surface area contributed by atoms with E-state index in [1.54, 1.807) is 7.05 Å². The maximum absolute atomic E-state index is 12.4. The number of carbonyl (C=O) groups excluding carboxylic acids is 1. The summed E-state index contributed by atoms with van der Waals surface area (Å²) in [6, 6.07) is 17.8. The second kappa shape index (κ2) is 12.1. The fourth-order valence-electron chi connectivity index (χ4n) is 2.92. The summed E-state index contributed by atoms with van der Waals surface area (Å²) < 4.78 is 5.81. The number of nitrogens with one attached hydrogen (secondary N) is 3. The predicted octanol–water partition coefficient (Wildman–Crippen LogP) is 3.73. The summed E-state index contributed by atoms with van der Waals surface area (Å²) in [5.74, 6) is 0.993. The highest BCUT2D eigenvalue weighted by Crippen LogP contribution is 2.08. The number of hydrogen-bond donors (Lipinski definition) is 3. The molecule has 31 heavy (non-hydrogen) atoms. The standard InChI is InChI=1S/C25H36N4O2/c1-19(17-31-18-20-10-7-6-8-11-20)15-27-24(26-5)28-16-21-12-9-13-22(14-21)23(30)29-25(2,3)4/h6-14,19H,15-18H2,1-5H3,(H,29,30)(H2,26,27,28). The zero-order valence-corrected chi connectivity index (χ0v) is 19.4. The van der Waals surface area contributed by atoms with Gasteiger partial charge < -0.3 is 20.7 Å². The van der Waals surface area contributed by atoms with Gasteiger partial charge in [-0.25, -0.2) is 0 Å². The third-order valence-corrected chi connectivity index (χ3v) is 4.49. The molecule has 3 N–H and O–H groups in total. The molecule has 0 aliphatic heterocycles. The molecule has 2 aromatic carbocycles. The Bertz CT molecular complexity index is 844. The number of carbonyl (C=O) groups is 1. The van der Waals surface area contributed by atoms with Crippen molar-refractivity contribution in [2.24, 2.45) is 10.9 Å². The summed E-state index contributed by atoms with van der Waals surface area (Å²) in [4.78, 5) is 16.7. The Morgan fingerprint density at radius 1 is 1.03 bits per heavy atom. The lowest BCUT2D eigenvalue weighted by Gasteiger charge is -2.20. The van der Waals surface area contributed by atoms with Crippen molar-refractivity contribution in [2.75, 3.05) is 20.2 Å². The van der Waals surface area contributed by atoms with Crippen LogP contribution in [0.2, 0.25) is 0 Å². The highest BCUT2D eigenvalue weighted by Gasteiger charge is 2.15. The first kappa shape index (κ1) is 24.4. The quantitative estimate of drug-likeness (QED) is 0.424. The third-order valence-electron chi connectivity index (χ3n) is 4.49. The molecular formula is C25H36N4O2. The normalized spacial score (nSPS) is 12.9. The van der Waals surface area contributed by atoms with Crippen molar-refractivity contribution < 1.29 is 9.53 Å². The van der Waals surface area contributed by atoms with Gasteiger partial charge in [0.25, 0.3) is 5.91 Å². The van der Waals surface area contributed by atoms with Gasteiger partial charge in [0.1, 0.15) is 0 Å². The van der Waals surface area contributed by atoms with Gasteiger partial charge in [0, 0.05) is 31.2 Å². The van der Waals surface area contributed by atoms with Gasteiger partial charge in [-0.15, -0.1) is 0 Å². The van der Waals surface area contributed by atoms with E-state index >= 15 is 0 Å². The van der Waals surface area contributed by atoms with Gasteiger partial charge in [0.05, 0.1) is 13.2 Å². The van der Waals surface area contributed by atoms with Crippen LogP contribution in [0.5, 0.6) is 0 Å². The molecule has 0 fully saturated rings. The maximum Gasteiger partial charge on any atom is 0.251 e. The first-order valence-electron chi connectivity index (χ1n) is 10.7. The van der Waals surface area contributed by atoms with Crippen LogP contribution in [-0.4, -0.2) is 37.6 Å². The minimum absolute atomic E-state index is 0.0683. The molecule has 1 amide bonds. The Labute approximate surface area is 186 Å². The van der Waals surface area contributed by atoms with E-state index in [9.17, 15) is 4.79 Å². The molecule has 0 bridgehead atoms. The first-order chi connectivity index (χ1) is 14.8. The number of guanidine groups is 1. The summed E-state index contributed by atoms with van der Waals surface area (Å²) in [6.45, 7) is 10.7. The molecule has 168 valence electrons. The van der Waals surface area contributed by atoms with Crippen molar-refractivity contribution in [1.82, 2.24) is 16.0 Å². The lowest BCUT2D eigenvalue weighted by atomic mass is 10.1. The SMILES string of the molecule is CN=C(NCc1cccc(C(=O)NC(C)(C)C)c1)NCC(C)COCc1ccccc1. The summed E-state index contributed by atoms with van der Waals surface area (Å²) in [7, 11) is 1.75. The van der Waals surface area contributed by atoms with Crippen LogP contribution in [0.1, 0.15) is 49.2 Å². The topological polar surface area (TPSA) is 74.8 Å². The Morgan fingerprint density at radius 3 is 2.42 bits per heavy atom. The molecule has 0 aliphatic rings. The van der Waals surface area contributed by atoms with Gasteiger partial charge in [-0.3, -0.25) is 9.79 Å². The van der Waals surface area contributed by atoms with Crippen LogP contribution in [0.4, 0.5) is 0 Å². The van der Waals surface area contributed by atoms with Crippen molar-refractivity contribution in [2.45, 2.75) is 46.4 Å². The van der Waals surface area contributed by atoms with Crippen LogP contribution in [0, 0.1) is 5.92 Å². The van der Waals surface area contributed by atoms with E-state index in [-0.39, 0.29) is 11.4 Å². The molecule has 0 aliphatic carbocycles. The number of amides is 1. The second-order valence-corrected chi connectivity index (χ2v) is 8.82. The number of aliphatic imine (C=N–C) groups is 1. The Kier molecular flexibility index (Phi) is 9.53. The van der Waals surface area contributed by atoms with Gasteiger partial charge in [-0.2, -0.15) is 0 Å². The first-order valence-corrected chi connectivity index (χ1v) is 10.7. The fourth-order valence-corrected chi connectivity index (χ4v) is 2.92. The highest BCUT2D eigenvalue weighted by molar-refractivity contribution is 5.94. The molecular weight excluding hydrogens is 388 g/mol. The summed E-state index contributed by atoms with van der Waals surface area (Å²) >= 11 is 0. The van der Waals surface area contributed by atoms with Gasteiger partial charge in [0.15, 0.2) is 5.96 Å². The van der Waals surface area contributed by atoms with Crippen LogP contribution in [0.3, 0.4) is 0 Å². The van der Waals surface area contributed by atoms with Crippen LogP contribution in [0.15, 0.2) is 59.6 Å². The molecule has 6 nitrogen and oxygen atoms in total. The summed E-state index contributed by atoms with van der Waals surface area (Å²) in [6.07, 6.45) is 0. The average Bonchev–Trinajstić information content (AvgIpc) is 2.73. The Morgan fingerprint density at radius 2 is 1.74 bits per heavy atom. The summed E-state index contributed by atoms with van der Waals surface area (Å²) in [5.41, 5.74) is 2.59. The van der Waals surface area contributed by atoms with E-state index in [4.69, 9.17) is 4.74 Å². The monoisotopic (exact) mass is 424 g/mol. The number of rotatable bonds is 9. The summed E-state index contributed by atoms with van der Waals surface area (Å²) in [5, 5.41) is 9.63. The molecule has 0 aromatic heterocycles. The van der Waals surface area contributed by atoms with E-state index in [1.165, 1.54) is 5.56 Å². The lowest BCUT2D eigenvalue weighted by molar-refractivity contribution is 0.0919. The Balaban J connectivity index is 1.75. The minimum Gasteiger partial charge on any atom is -0.376 e. The fraction of sp³-hybridized carbons (Fsp3) is 0.440. The molecule has 2 rings (SSSR count). The van der Waals surface area contributed by atoms with E-state index in [2.05, 4.69) is 40.0 Å². The molecule has 1 atom stereocenters. The molecule has 0 saturated carbocycles. The van der Waals surface area contributed by atoms with Gasteiger partial charge in [-0.05, 0) is 49.9 Å². The molecule has 2 aromatic rings. The van der Waals surface area contributed by atoms with Crippen LogP contribution in [-0.2, 0) is 17.9 Å². The Hall–Kier alpha value is -2.86. The van der Waals surface area contributed by atoms with E-state index in [0.717, 1.165) is 18.1 Å². The number of hydrogen-bond acceptors (Lipinski definition) is 3. The van der Waals surface area contributed by atoms with Gasteiger partial charge >= 0.3 is 0 Å². The predicted molar refractivity (Wildman–Crippen MR) is 127 cm³/mol. The largest absolute Gasteiger partial charge is 0.376 e. The smallest absolute Gasteiger partial charge is 0.251 e. The van der Waals surface area contributed by atoms with Crippen LogP contribution >= 0.6 is 0 Å². The highest BCUT2D eigenvalue weighted by atomic mass is 16.5. The zero-order valence-electron chi connectivity index (χ0n) is 19.4. The molecule has 6 heteroatoms. The third kappa shape index (κ3) is 9.66. The minimum atomic E-state index is -0.265. The zero-order chi connectivity index (χ0) is 22.7. The van der Waals surface area contributed by atoms with E-state index < -0.39 is 0 Å². The number of nitrogens with zero attached hydrogens (tertiary/aromatic N) is 1. The number of ether oxygens (including phenoxy) is 1. The van der Waals surface area contributed by atoms with Crippen molar-refractivity contribution in [3.05, 3.63) is 71.3 Å². The van der Waals surface area contributed by atoms with Gasteiger partial charge in [0.2, 0.25) is 0 Å².